The second-order valence-corrected chi connectivity index (χ2v) is 5.88. The van der Waals surface area contributed by atoms with E-state index in [1.54, 1.807) is 0 Å². The second-order valence-electron chi connectivity index (χ2n) is 5.88. The molecule has 88 valence electrons. The topological polar surface area (TPSA) is 24.5 Å². The van der Waals surface area contributed by atoms with Gasteiger partial charge in [-0.1, -0.05) is 0 Å². The zero-order valence-electron chi connectivity index (χ0n) is 10.3. The smallest absolute Gasteiger partial charge is 0.0645 e. The molecule has 0 saturated carbocycles. The maximum absolute atomic E-state index is 5.55. The highest BCUT2D eigenvalue weighted by molar-refractivity contribution is 4.95. The first-order chi connectivity index (χ1) is 7.02. The fourth-order valence-corrected chi connectivity index (χ4v) is 2.70. The lowest BCUT2D eigenvalue weighted by Crippen LogP contribution is -2.59. The molecule has 2 aliphatic heterocycles. The molecular weight excluding hydrogens is 188 g/mol. The fourth-order valence-electron chi connectivity index (χ4n) is 2.70. The maximum Gasteiger partial charge on any atom is 0.0645 e. The summed E-state index contributed by atoms with van der Waals surface area (Å²) in [5, 5.41) is 3.64. The van der Waals surface area contributed by atoms with Crippen LogP contribution >= 0.6 is 0 Å². The van der Waals surface area contributed by atoms with Crippen LogP contribution in [0.4, 0.5) is 0 Å². The van der Waals surface area contributed by atoms with Gasteiger partial charge in [0.05, 0.1) is 13.2 Å². The van der Waals surface area contributed by atoms with E-state index in [4.69, 9.17) is 4.74 Å². The van der Waals surface area contributed by atoms with Gasteiger partial charge >= 0.3 is 0 Å². The van der Waals surface area contributed by atoms with Crippen LogP contribution in [0.1, 0.15) is 33.6 Å². The van der Waals surface area contributed by atoms with E-state index >= 15 is 0 Å². The molecule has 2 aliphatic rings. The third-order valence-corrected chi connectivity index (χ3v) is 3.81. The minimum atomic E-state index is 0.200. The standard InChI is InChI=1S/C12H24N2O/c1-11(2)10-15-8-7-14(11)9-12(3)5-4-6-13-12/h13H,4-10H2,1-3H3. The van der Waals surface area contributed by atoms with Crippen LogP contribution in [0.2, 0.25) is 0 Å². The number of ether oxygens (including phenoxy) is 1. The van der Waals surface area contributed by atoms with Crippen molar-refractivity contribution in [2.24, 2.45) is 0 Å². The number of nitrogens with zero attached hydrogens (tertiary/aromatic N) is 1. The van der Waals surface area contributed by atoms with Crippen LogP contribution in [0.3, 0.4) is 0 Å². The van der Waals surface area contributed by atoms with E-state index in [0.717, 1.165) is 26.3 Å². The Hall–Kier alpha value is -0.120. The number of hydrogen-bond donors (Lipinski definition) is 1. The van der Waals surface area contributed by atoms with Gasteiger partial charge in [0.2, 0.25) is 0 Å². The molecule has 0 aromatic rings. The lowest BCUT2D eigenvalue weighted by Gasteiger charge is -2.45. The molecule has 0 radical (unpaired) electrons. The Morgan fingerprint density at radius 1 is 1.33 bits per heavy atom. The Labute approximate surface area is 93.2 Å². The number of rotatable bonds is 2. The SMILES string of the molecule is CC1(CN2CCOCC2(C)C)CCCN1. The molecule has 2 rings (SSSR count). The summed E-state index contributed by atoms with van der Waals surface area (Å²) in [7, 11) is 0. The summed E-state index contributed by atoms with van der Waals surface area (Å²) >= 11 is 0. The van der Waals surface area contributed by atoms with Crippen LogP contribution < -0.4 is 5.32 Å². The zero-order chi connectivity index (χ0) is 10.9. The lowest BCUT2D eigenvalue weighted by molar-refractivity contribution is -0.0597. The van der Waals surface area contributed by atoms with Gasteiger partial charge in [0.25, 0.3) is 0 Å². The van der Waals surface area contributed by atoms with Gasteiger partial charge in [0, 0.05) is 24.2 Å². The van der Waals surface area contributed by atoms with Gasteiger partial charge in [-0.15, -0.1) is 0 Å². The van der Waals surface area contributed by atoms with Crippen LogP contribution in [-0.4, -0.2) is 48.8 Å². The average Bonchev–Trinajstić information content (AvgIpc) is 2.56. The van der Waals surface area contributed by atoms with Crippen molar-refractivity contribution in [3.63, 3.8) is 0 Å². The quantitative estimate of drug-likeness (QED) is 0.745. The summed E-state index contributed by atoms with van der Waals surface area (Å²) in [4.78, 5) is 2.58. The van der Waals surface area contributed by atoms with Crippen molar-refractivity contribution < 1.29 is 4.74 Å². The summed E-state index contributed by atoms with van der Waals surface area (Å²) in [6.07, 6.45) is 2.63. The van der Waals surface area contributed by atoms with E-state index in [9.17, 15) is 0 Å². The maximum atomic E-state index is 5.55. The second kappa shape index (κ2) is 4.04. The fraction of sp³-hybridized carbons (Fsp3) is 1.00. The molecule has 0 aromatic heterocycles. The molecular formula is C12H24N2O. The summed E-state index contributed by atoms with van der Waals surface area (Å²) in [6.45, 7) is 12.1. The molecule has 3 heteroatoms. The minimum absolute atomic E-state index is 0.200. The van der Waals surface area contributed by atoms with E-state index in [1.807, 2.05) is 0 Å². The van der Waals surface area contributed by atoms with Crippen molar-refractivity contribution in [1.82, 2.24) is 10.2 Å². The molecule has 1 atom stereocenters. The molecule has 2 heterocycles. The third kappa shape index (κ3) is 2.52. The Morgan fingerprint density at radius 2 is 2.13 bits per heavy atom. The van der Waals surface area contributed by atoms with Crippen molar-refractivity contribution in [3.05, 3.63) is 0 Å². The Bertz CT molecular complexity index is 222. The van der Waals surface area contributed by atoms with Crippen molar-refractivity contribution >= 4 is 0 Å². The monoisotopic (exact) mass is 212 g/mol. The predicted octanol–water partition coefficient (Wildman–Crippen LogP) is 1.24. The predicted molar refractivity (Wildman–Crippen MR) is 62.1 cm³/mol. The van der Waals surface area contributed by atoms with Crippen LogP contribution in [0.25, 0.3) is 0 Å². The molecule has 0 aliphatic carbocycles. The molecule has 1 unspecified atom stereocenters. The molecule has 0 spiro atoms. The van der Waals surface area contributed by atoms with E-state index in [0.29, 0.717) is 5.54 Å². The van der Waals surface area contributed by atoms with Gasteiger partial charge in [-0.2, -0.15) is 0 Å². The van der Waals surface area contributed by atoms with Crippen LogP contribution in [0.5, 0.6) is 0 Å². The van der Waals surface area contributed by atoms with Crippen LogP contribution in [-0.2, 0) is 4.74 Å². The minimum Gasteiger partial charge on any atom is -0.378 e. The van der Waals surface area contributed by atoms with Gasteiger partial charge in [-0.05, 0) is 40.2 Å². The Kier molecular flexibility index (Phi) is 3.06. The molecule has 15 heavy (non-hydrogen) atoms. The lowest BCUT2D eigenvalue weighted by atomic mass is 9.94. The molecule has 1 N–H and O–H groups in total. The Balaban J connectivity index is 1.97. The van der Waals surface area contributed by atoms with E-state index in [2.05, 4.69) is 31.0 Å². The first-order valence-electron chi connectivity index (χ1n) is 6.10. The first kappa shape index (κ1) is 11.4. The summed E-state index contributed by atoms with van der Waals surface area (Å²) < 4.78 is 5.55. The van der Waals surface area contributed by atoms with Gasteiger partial charge < -0.3 is 10.1 Å². The highest BCUT2D eigenvalue weighted by Gasteiger charge is 2.37. The van der Waals surface area contributed by atoms with Crippen molar-refractivity contribution in [3.8, 4) is 0 Å². The molecule has 2 fully saturated rings. The van der Waals surface area contributed by atoms with Gasteiger partial charge in [-0.25, -0.2) is 0 Å². The van der Waals surface area contributed by atoms with Crippen LogP contribution in [0, 0.1) is 0 Å². The summed E-state index contributed by atoms with van der Waals surface area (Å²) in [6, 6.07) is 0. The number of hydrogen-bond acceptors (Lipinski definition) is 3. The van der Waals surface area contributed by atoms with Crippen LogP contribution in [0.15, 0.2) is 0 Å². The summed E-state index contributed by atoms with van der Waals surface area (Å²) in [5.41, 5.74) is 0.528. The van der Waals surface area contributed by atoms with Crippen molar-refractivity contribution in [1.29, 1.82) is 0 Å². The molecule has 0 bridgehead atoms. The van der Waals surface area contributed by atoms with E-state index in [-0.39, 0.29) is 5.54 Å². The molecule has 3 nitrogen and oxygen atoms in total. The normalized spacial score (nSPS) is 37.0. The van der Waals surface area contributed by atoms with Gasteiger partial charge in [-0.3, -0.25) is 4.90 Å². The Morgan fingerprint density at radius 3 is 2.73 bits per heavy atom. The average molecular weight is 212 g/mol. The van der Waals surface area contributed by atoms with E-state index < -0.39 is 0 Å². The zero-order valence-corrected chi connectivity index (χ0v) is 10.3. The molecule has 0 amide bonds. The van der Waals surface area contributed by atoms with Crippen molar-refractivity contribution in [2.45, 2.75) is 44.7 Å². The van der Waals surface area contributed by atoms with E-state index in [1.165, 1.54) is 19.4 Å². The highest BCUT2D eigenvalue weighted by Crippen LogP contribution is 2.25. The first-order valence-corrected chi connectivity index (χ1v) is 6.10. The van der Waals surface area contributed by atoms with Gasteiger partial charge in [0.1, 0.15) is 0 Å². The largest absolute Gasteiger partial charge is 0.378 e. The number of morpholine rings is 1. The third-order valence-electron chi connectivity index (χ3n) is 3.81. The highest BCUT2D eigenvalue weighted by atomic mass is 16.5. The number of nitrogens with one attached hydrogen (secondary N) is 1. The van der Waals surface area contributed by atoms with Crippen molar-refractivity contribution in [2.75, 3.05) is 32.8 Å². The molecule has 0 aromatic carbocycles. The molecule has 2 saturated heterocycles. The summed E-state index contributed by atoms with van der Waals surface area (Å²) in [5.74, 6) is 0. The van der Waals surface area contributed by atoms with Gasteiger partial charge in [0.15, 0.2) is 0 Å².